The van der Waals surface area contributed by atoms with Gasteiger partial charge in [-0.1, -0.05) is 29.8 Å². The highest BCUT2D eigenvalue weighted by Crippen LogP contribution is 2.33. The quantitative estimate of drug-likeness (QED) is 0.312. The van der Waals surface area contributed by atoms with Crippen LogP contribution in [-0.2, 0) is 6.61 Å². The normalized spacial score (nSPS) is 10.9. The number of para-hydroxylation sites is 2. The van der Waals surface area contributed by atoms with Gasteiger partial charge in [0.25, 0.3) is 0 Å². The molecule has 1 heterocycles. The number of rotatable bonds is 7. The maximum Gasteiger partial charge on any atom is 0.235 e. The van der Waals surface area contributed by atoms with E-state index in [-0.39, 0.29) is 28.4 Å². The molecule has 1 aromatic heterocycles. The van der Waals surface area contributed by atoms with Gasteiger partial charge >= 0.3 is 0 Å². The topological polar surface area (TPSA) is 57.9 Å². The molecule has 5 nitrogen and oxygen atoms in total. The Morgan fingerprint density at radius 2 is 1.78 bits per heavy atom. The summed E-state index contributed by atoms with van der Waals surface area (Å²) in [6.07, 6.45) is 0. The van der Waals surface area contributed by atoms with Gasteiger partial charge in [-0.2, -0.15) is 0 Å². The van der Waals surface area contributed by atoms with E-state index in [1.54, 1.807) is 49.4 Å². The minimum absolute atomic E-state index is 0.0599. The molecule has 0 saturated heterocycles. The van der Waals surface area contributed by atoms with E-state index in [1.165, 1.54) is 12.1 Å². The monoisotopic (exact) mass is 454 g/mol. The Morgan fingerprint density at radius 1 is 1.00 bits per heavy atom. The smallest absolute Gasteiger partial charge is 0.235 e. The lowest BCUT2D eigenvalue weighted by molar-refractivity contribution is 0.300. The maximum atomic E-state index is 14.0. The van der Waals surface area contributed by atoms with Crippen LogP contribution in [0.2, 0.25) is 5.02 Å². The third-order valence-corrected chi connectivity index (χ3v) is 5.15. The van der Waals surface area contributed by atoms with Gasteiger partial charge in [0.15, 0.2) is 11.5 Å². The van der Waals surface area contributed by atoms with Gasteiger partial charge in [0.2, 0.25) is 11.2 Å². The number of hydrogen-bond donors (Lipinski definition) is 0. The number of fused-ring (bicyclic) bond motifs is 1. The van der Waals surface area contributed by atoms with Crippen LogP contribution in [0.25, 0.3) is 11.0 Å². The summed E-state index contributed by atoms with van der Waals surface area (Å²) in [4.78, 5) is 13.1. The number of benzene rings is 3. The van der Waals surface area contributed by atoms with Gasteiger partial charge in [0.1, 0.15) is 29.5 Å². The molecule has 164 valence electrons. The van der Waals surface area contributed by atoms with E-state index in [0.29, 0.717) is 40.6 Å². The molecule has 0 aliphatic rings. The van der Waals surface area contributed by atoms with Gasteiger partial charge < -0.3 is 18.6 Å². The Morgan fingerprint density at radius 3 is 2.53 bits per heavy atom. The van der Waals surface area contributed by atoms with Crippen molar-refractivity contribution in [2.45, 2.75) is 20.5 Å². The first kappa shape index (κ1) is 21.7. The molecule has 0 atom stereocenters. The Bertz CT molecular complexity index is 1310. The summed E-state index contributed by atoms with van der Waals surface area (Å²) < 4.78 is 36.9. The fourth-order valence-electron chi connectivity index (χ4n) is 3.22. The van der Waals surface area contributed by atoms with Gasteiger partial charge in [0, 0.05) is 11.6 Å². The van der Waals surface area contributed by atoms with Crippen molar-refractivity contribution in [2.24, 2.45) is 0 Å². The second-order valence-electron chi connectivity index (χ2n) is 6.95. The van der Waals surface area contributed by atoms with Crippen molar-refractivity contribution in [2.75, 3.05) is 6.61 Å². The van der Waals surface area contributed by atoms with Crippen LogP contribution in [0.15, 0.2) is 69.9 Å². The predicted molar refractivity (Wildman–Crippen MR) is 121 cm³/mol. The standard InChI is InChI=1S/C25H20ClFO5/c1-3-29-21-9-4-5-10-22(21)32-25-15(2)31-23-13-16(11-12-17(23)24(25)28)30-14-18-19(26)7-6-8-20(18)27/h4-13H,3,14H2,1-2H3. The molecule has 0 aliphatic carbocycles. The van der Waals surface area contributed by atoms with Crippen LogP contribution in [0.4, 0.5) is 4.39 Å². The number of ether oxygens (including phenoxy) is 3. The Kier molecular flexibility index (Phi) is 6.32. The average Bonchev–Trinajstić information content (AvgIpc) is 2.77. The summed E-state index contributed by atoms with van der Waals surface area (Å²) in [5.41, 5.74) is 0.262. The molecule has 7 heteroatoms. The molecule has 0 bridgehead atoms. The van der Waals surface area contributed by atoms with Crippen LogP contribution >= 0.6 is 11.6 Å². The van der Waals surface area contributed by atoms with Crippen molar-refractivity contribution >= 4 is 22.6 Å². The maximum absolute atomic E-state index is 14.0. The van der Waals surface area contributed by atoms with E-state index in [9.17, 15) is 9.18 Å². The second kappa shape index (κ2) is 9.32. The summed E-state index contributed by atoms with van der Waals surface area (Å²) >= 11 is 6.04. The van der Waals surface area contributed by atoms with Crippen LogP contribution < -0.4 is 19.6 Å². The van der Waals surface area contributed by atoms with Crippen molar-refractivity contribution in [1.29, 1.82) is 0 Å². The highest BCUT2D eigenvalue weighted by atomic mass is 35.5. The van der Waals surface area contributed by atoms with Crippen molar-refractivity contribution in [3.05, 3.63) is 93.1 Å². The highest BCUT2D eigenvalue weighted by molar-refractivity contribution is 6.31. The molecular formula is C25H20ClFO5. The summed E-state index contributed by atoms with van der Waals surface area (Å²) in [7, 11) is 0. The Labute approximate surface area is 188 Å². The average molecular weight is 455 g/mol. The number of aryl methyl sites for hydroxylation is 1. The third kappa shape index (κ3) is 4.41. The lowest BCUT2D eigenvalue weighted by Gasteiger charge is -2.13. The van der Waals surface area contributed by atoms with E-state index < -0.39 is 5.82 Å². The molecule has 0 radical (unpaired) electrons. The van der Waals surface area contributed by atoms with E-state index in [4.69, 9.17) is 30.2 Å². The van der Waals surface area contributed by atoms with Gasteiger partial charge in [-0.15, -0.1) is 0 Å². The molecule has 4 rings (SSSR count). The van der Waals surface area contributed by atoms with Crippen LogP contribution in [-0.4, -0.2) is 6.61 Å². The van der Waals surface area contributed by atoms with Crippen molar-refractivity contribution < 1.29 is 23.0 Å². The minimum Gasteiger partial charge on any atom is -0.490 e. The fourth-order valence-corrected chi connectivity index (χ4v) is 3.44. The molecule has 3 aromatic carbocycles. The Hall–Kier alpha value is -3.51. The first-order valence-electron chi connectivity index (χ1n) is 10.0. The summed E-state index contributed by atoms with van der Waals surface area (Å²) in [6, 6.07) is 16.3. The van der Waals surface area contributed by atoms with Crippen LogP contribution in [0.5, 0.6) is 23.0 Å². The van der Waals surface area contributed by atoms with Gasteiger partial charge in [0.05, 0.1) is 17.0 Å². The summed E-state index contributed by atoms with van der Waals surface area (Å²) in [6.45, 7) is 3.92. The van der Waals surface area contributed by atoms with Crippen LogP contribution in [0.3, 0.4) is 0 Å². The molecule has 0 saturated carbocycles. The molecule has 0 fully saturated rings. The molecule has 0 aliphatic heterocycles. The lowest BCUT2D eigenvalue weighted by atomic mass is 10.2. The van der Waals surface area contributed by atoms with Crippen molar-refractivity contribution in [1.82, 2.24) is 0 Å². The Balaban J connectivity index is 1.63. The van der Waals surface area contributed by atoms with Crippen LogP contribution in [0, 0.1) is 12.7 Å². The van der Waals surface area contributed by atoms with E-state index >= 15 is 0 Å². The second-order valence-corrected chi connectivity index (χ2v) is 7.35. The van der Waals surface area contributed by atoms with Crippen molar-refractivity contribution in [3.63, 3.8) is 0 Å². The first-order chi connectivity index (χ1) is 15.5. The molecule has 32 heavy (non-hydrogen) atoms. The number of halogens is 2. The largest absolute Gasteiger partial charge is 0.490 e. The fraction of sp³-hybridized carbons (Fsp3) is 0.160. The zero-order valence-electron chi connectivity index (χ0n) is 17.5. The molecule has 0 amide bonds. The highest BCUT2D eigenvalue weighted by Gasteiger charge is 2.17. The zero-order valence-corrected chi connectivity index (χ0v) is 18.2. The third-order valence-electron chi connectivity index (χ3n) is 4.79. The molecule has 4 aromatic rings. The zero-order chi connectivity index (χ0) is 22.7. The molecule has 0 unspecified atom stereocenters. The van der Waals surface area contributed by atoms with Gasteiger partial charge in [-0.25, -0.2) is 4.39 Å². The van der Waals surface area contributed by atoms with E-state index in [0.717, 1.165) is 0 Å². The minimum atomic E-state index is -0.449. The SMILES string of the molecule is CCOc1ccccc1Oc1c(C)oc2cc(OCc3c(F)cccc3Cl)ccc2c1=O. The molecular weight excluding hydrogens is 435 g/mol. The number of hydrogen-bond acceptors (Lipinski definition) is 5. The van der Waals surface area contributed by atoms with Crippen LogP contribution in [0.1, 0.15) is 18.2 Å². The van der Waals surface area contributed by atoms with E-state index in [1.807, 2.05) is 13.0 Å². The predicted octanol–water partition coefficient (Wildman–Crippen LogP) is 6.66. The van der Waals surface area contributed by atoms with E-state index in [2.05, 4.69) is 0 Å². The van der Waals surface area contributed by atoms with Crippen molar-refractivity contribution in [3.8, 4) is 23.0 Å². The van der Waals surface area contributed by atoms with Gasteiger partial charge in [-0.05, 0) is 50.2 Å². The molecule has 0 N–H and O–H groups in total. The van der Waals surface area contributed by atoms with Gasteiger partial charge in [-0.3, -0.25) is 4.79 Å². The lowest BCUT2D eigenvalue weighted by Crippen LogP contribution is -2.08. The summed E-state index contributed by atoms with van der Waals surface area (Å²) in [5.74, 6) is 1.30. The first-order valence-corrected chi connectivity index (χ1v) is 10.4. The summed E-state index contributed by atoms with van der Waals surface area (Å²) in [5, 5.41) is 0.609. The molecule has 0 spiro atoms.